The maximum atomic E-state index is 12.6. The number of nitrogens with zero attached hydrogens (tertiary/aromatic N) is 6. The minimum atomic E-state index is -4.32. The van der Waals surface area contributed by atoms with Gasteiger partial charge < -0.3 is 0 Å². The minimum absolute atomic E-state index is 0.558. The van der Waals surface area contributed by atoms with Crippen LogP contribution in [0.25, 0.3) is 5.70 Å². The van der Waals surface area contributed by atoms with E-state index in [1.807, 2.05) is 0 Å². The Balaban J connectivity index is 1.68. The third-order valence-electron chi connectivity index (χ3n) is 4.93. The molecule has 2 aliphatic rings. The Hall–Kier alpha value is -1.74. The molecule has 0 amide bonds. The molecule has 9 heteroatoms. The summed E-state index contributed by atoms with van der Waals surface area (Å²) >= 11 is 0. The van der Waals surface area contributed by atoms with Crippen LogP contribution in [-0.4, -0.2) is 68.4 Å². The molecule has 2 fully saturated rings. The monoisotopic (exact) mass is 356 g/mol. The summed E-state index contributed by atoms with van der Waals surface area (Å²) in [6, 6.07) is 0.604. The third-order valence-corrected chi connectivity index (χ3v) is 4.93. The highest BCUT2D eigenvalue weighted by atomic mass is 19.4. The highest BCUT2D eigenvalue weighted by molar-refractivity contribution is 5.45. The minimum Gasteiger partial charge on any atom is -0.298 e. The first kappa shape index (κ1) is 18.1. The van der Waals surface area contributed by atoms with Crippen molar-refractivity contribution in [2.75, 3.05) is 26.2 Å². The van der Waals surface area contributed by atoms with Gasteiger partial charge in [-0.15, -0.1) is 5.10 Å². The van der Waals surface area contributed by atoms with Gasteiger partial charge in [-0.1, -0.05) is 6.08 Å². The molecule has 0 aliphatic carbocycles. The van der Waals surface area contributed by atoms with Crippen LogP contribution in [0.5, 0.6) is 0 Å². The molecule has 0 radical (unpaired) electrons. The lowest BCUT2D eigenvalue weighted by atomic mass is 10.1. The van der Waals surface area contributed by atoms with Gasteiger partial charge >= 0.3 is 6.18 Å². The maximum absolute atomic E-state index is 12.6. The summed E-state index contributed by atoms with van der Waals surface area (Å²) in [5.74, 6) is 0.651. The van der Waals surface area contributed by atoms with Crippen LogP contribution in [0, 0.1) is 0 Å². The van der Waals surface area contributed by atoms with E-state index >= 15 is 0 Å². The van der Waals surface area contributed by atoms with E-state index in [1.54, 1.807) is 6.92 Å². The van der Waals surface area contributed by atoms with Crippen LogP contribution in [0.3, 0.4) is 0 Å². The molecule has 2 saturated heterocycles. The average Bonchev–Trinajstić information content (AvgIpc) is 3.19. The molecular formula is C16H23F3N6. The summed E-state index contributed by atoms with van der Waals surface area (Å²) in [4.78, 5) is 4.84. The quantitative estimate of drug-likeness (QED) is 0.775. The predicted molar refractivity (Wildman–Crippen MR) is 87.4 cm³/mol. The summed E-state index contributed by atoms with van der Waals surface area (Å²) in [5.41, 5.74) is -0.0954. The molecule has 0 N–H and O–H groups in total. The first-order chi connectivity index (χ1) is 11.8. The van der Waals surface area contributed by atoms with Crippen molar-refractivity contribution in [3.8, 4) is 0 Å². The number of allylic oxidation sites excluding steroid dienone is 4. The summed E-state index contributed by atoms with van der Waals surface area (Å²) in [6.45, 7) is 7.53. The first-order valence-corrected chi connectivity index (χ1v) is 8.51. The summed E-state index contributed by atoms with van der Waals surface area (Å²) in [5, 5.41) is 11.7. The van der Waals surface area contributed by atoms with Crippen molar-refractivity contribution in [2.24, 2.45) is 0 Å². The number of piperazine rings is 1. The molecule has 1 aromatic heterocycles. The van der Waals surface area contributed by atoms with Gasteiger partial charge in [0.25, 0.3) is 0 Å². The predicted octanol–water partition coefficient (Wildman–Crippen LogP) is 2.32. The van der Waals surface area contributed by atoms with E-state index < -0.39 is 11.7 Å². The van der Waals surface area contributed by atoms with Crippen LogP contribution in [0.15, 0.2) is 17.7 Å². The molecule has 1 atom stereocenters. The zero-order chi connectivity index (χ0) is 18.0. The first-order valence-electron chi connectivity index (χ1n) is 8.51. The van der Waals surface area contributed by atoms with Gasteiger partial charge in [0.1, 0.15) is 0 Å². The molecule has 3 heterocycles. The van der Waals surface area contributed by atoms with Gasteiger partial charge in [0.15, 0.2) is 5.82 Å². The van der Waals surface area contributed by atoms with E-state index in [-0.39, 0.29) is 0 Å². The van der Waals surface area contributed by atoms with Crippen molar-refractivity contribution in [1.82, 2.24) is 30.0 Å². The Labute approximate surface area is 145 Å². The van der Waals surface area contributed by atoms with Crippen molar-refractivity contribution in [2.45, 2.75) is 45.5 Å². The standard InChI is InChI=1S/C16H23F3N6/c1-12(16(17,18)19)5-6-13(2)25-15(20-21-22-25)11-23-8-9-24-7-3-4-14(24)10-23/h5-6,14H,3-4,7-11H2,1-2H3/b12-5+,13-6+. The smallest absolute Gasteiger partial charge is 0.298 e. The molecule has 6 nitrogen and oxygen atoms in total. The number of alkyl halides is 3. The normalized spacial score (nSPS) is 24.0. The van der Waals surface area contributed by atoms with Crippen molar-refractivity contribution >= 4 is 5.70 Å². The molecule has 0 spiro atoms. The number of fused-ring (bicyclic) bond motifs is 1. The average molecular weight is 356 g/mol. The summed E-state index contributed by atoms with van der Waals surface area (Å²) in [7, 11) is 0. The molecule has 0 bridgehead atoms. The Morgan fingerprint density at radius 3 is 2.76 bits per heavy atom. The molecule has 2 aliphatic heterocycles. The molecule has 1 aromatic rings. The van der Waals surface area contributed by atoms with Crippen LogP contribution in [-0.2, 0) is 6.54 Å². The Kier molecular flexibility index (Phi) is 5.24. The van der Waals surface area contributed by atoms with Gasteiger partial charge in [0, 0.05) is 36.9 Å². The molecule has 25 heavy (non-hydrogen) atoms. The second-order valence-electron chi connectivity index (χ2n) is 6.73. The highest BCUT2D eigenvalue weighted by Gasteiger charge is 2.31. The van der Waals surface area contributed by atoms with Crippen LogP contribution < -0.4 is 0 Å². The van der Waals surface area contributed by atoms with Gasteiger partial charge in [0.05, 0.1) is 6.54 Å². The lowest BCUT2D eigenvalue weighted by Crippen LogP contribution is -2.49. The zero-order valence-corrected chi connectivity index (χ0v) is 14.5. The number of tetrazole rings is 1. The largest absolute Gasteiger partial charge is 0.412 e. The SMILES string of the molecule is C/C(=C\C=C(/C)C(F)(F)F)n1nnnc1CN1CCN2CCCC2C1. The topological polar surface area (TPSA) is 50.1 Å². The summed E-state index contributed by atoms with van der Waals surface area (Å²) < 4.78 is 39.3. The van der Waals surface area contributed by atoms with E-state index in [0.29, 0.717) is 24.1 Å². The number of hydrogen-bond acceptors (Lipinski definition) is 5. The Bertz CT molecular complexity index is 663. The van der Waals surface area contributed by atoms with E-state index in [0.717, 1.165) is 32.6 Å². The fraction of sp³-hybridized carbons (Fsp3) is 0.688. The molecular weight excluding hydrogens is 333 g/mol. The maximum Gasteiger partial charge on any atom is 0.412 e. The van der Waals surface area contributed by atoms with Gasteiger partial charge in [-0.25, -0.2) is 4.68 Å². The van der Waals surface area contributed by atoms with E-state index in [2.05, 4.69) is 25.3 Å². The van der Waals surface area contributed by atoms with Crippen molar-refractivity contribution in [1.29, 1.82) is 0 Å². The number of halogens is 3. The van der Waals surface area contributed by atoms with Crippen molar-refractivity contribution < 1.29 is 13.2 Å². The fourth-order valence-corrected chi connectivity index (χ4v) is 3.39. The van der Waals surface area contributed by atoms with E-state index in [4.69, 9.17) is 0 Å². The van der Waals surface area contributed by atoms with Gasteiger partial charge in [0.2, 0.25) is 0 Å². The summed E-state index contributed by atoms with van der Waals surface area (Å²) in [6.07, 6.45) is 0.613. The lowest BCUT2D eigenvalue weighted by Gasteiger charge is -2.37. The molecule has 1 unspecified atom stereocenters. The van der Waals surface area contributed by atoms with E-state index in [1.165, 1.54) is 30.1 Å². The molecule has 0 aromatic carbocycles. The van der Waals surface area contributed by atoms with Crippen LogP contribution >= 0.6 is 0 Å². The molecule has 0 saturated carbocycles. The Morgan fingerprint density at radius 1 is 1.20 bits per heavy atom. The van der Waals surface area contributed by atoms with Gasteiger partial charge in [-0.2, -0.15) is 13.2 Å². The number of aromatic nitrogens is 4. The van der Waals surface area contributed by atoms with Crippen molar-refractivity contribution in [3.63, 3.8) is 0 Å². The van der Waals surface area contributed by atoms with Crippen LogP contribution in [0.4, 0.5) is 13.2 Å². The fourth-order valence-electron chi connectivity index (χ4n) is 3.39. The Morgan fingerprint density at radius 2 is 2.00 bits per heavy atom. The number of rotatable bonds is 4. The molecule has 138 valence electrons. The van der Waals surface area contributed by atoms with E-state index in [9.17, 15) is 13.2 Å². The van der Waals surface area contributed by atoms with Crippen LogP contribution in [0.1, 0.15) is 32.5 Å². The van der Waals surface area contributed by atoms with Gasteiger partial charge in [-0.05, 0) is 49.7 Å². The number of hydrogen-bond donors (Lipinski definition) is 0. The highest BCUT2D eigenvalue weighted by Crippen LogP contribution is 2.25. The second kappa shape index (κ2) is 7.25. The lowest BCUT2D eigenvalue weighted by molar-refractivity contribution is -0.0912. The third kappa shape index (κ3) is 4.27. The molecule has 3 rings (SSSR count). The van der Waals surface area contributed by atoms with Gasteiger partial charge in [-0.3, -0.25) is 9.80 Å². The second-order valence-corrected chi connectivity index (χ2v) is 6.73. The van der Waals surface area contributed by atoms with Crippen LogP contribution in [0.2, 0.25) is 0 Å². The van der Waals surface area contributed by atoms with Crippen molar-refractivity contribution in [3.05, 3.63) is 23.5 Å². The zero-order valence-electron chi connectivity index (χ0n) is 14.5.